The van der Waals surface area contributed by atoms with Crippen LogP contribution in [0.15, 0.2) is 60.7 Å². The topological polar surface area (TPSA) is 51.2 Å². The van der Waals surface area contributed by atoms with Crippen LogP contribution in [0.2, 0.25) is 0 Å². The van der Waals surface area contributed by atoms with E-state index < -0.39 is 17.9 Å². The van der Waals surface area contributed by atoms with Crippen LogP contribution in [0.3, 0.4) is 0 Å². The van der Waals surface area contributed by atoms with E-state index >= 15 is 0 Å². The molecule has 0 fully saturated rings. The number of benzene rings is 2. The van der Waals surface area contributed by atoms with Crippen LogP contribution in [0.4, 0.5) is 0 Å². The Morgan fingerprint density at radius 3 is 1.30 bits per heavy atom. The summed E-state index contributed by atoms with van der Waals surface area (Å²) in [6.07, 6.45) is 0. The van der Waals surface area contributed by atoms with Crippen molar-refractivity contribution in [2.24, 2.45) is 0 Å². The van der Waals surface area contributed by atoms with E-state index in [-0.39, 0.29) is 0 Å². The summed E-state index contributed by atoms with van der Waals surface area (Å²) >= 11 is -3.58. The Morgan fingerprint density at radius 2 is 1.00 bits per heavy atom. The van der Waals surface area contributed by atoms with Crippen molar-refractivity contribution in [1.82, 2.24) is 0 Å². The van der Waals surface area contributed by atoms with Gasteiger partial charge in [0.2, 0.25) is 0 Å². The molecule has 0 unspecified atom stereocenters. The number of hydrogen-bond donors (Lipinski definition) is 0. The van der Waals surface area contributed by atoms with Crippen LogP contribution in [0.25, 0.3) is 0 Å². The molecule has 20 heavy (non-hydrogen) atoms. The average Bonchev–Trinajstić information content (AvgIpc) is 2.54. The van der Waals surface area contributed by atoms with Gasteiger partial charge in [-0.15, -0.1) is 0 Å². The summed E-state index contributed by atoms with van der Waals surface area (Å²) in [5, 5.41) is 1.75. The van der Waals surface area contributed by atoms with Gasteiger partial charge in [-0.3, -0.25) is 0 Å². The van der Waals surface area contributed by atoms with Gasteiger partial charge in [0.25, 0.3) is 0 Å². The van der Waals surface area contributed by atoms with Crippen molar-refractivity contribution in [3.8, 4) is 0 Å². The third-order valence-electron chi connectivity index (χ3n) is 3.11. The average molecular weight is 306 g/mol. The fourth-order valence-corrected chi connectivity index (χ4v) is 4.85. The molecule has 0 aliphatic heterocycles. The summed E-state index contributed by atoms with van der Waals surface area (Å²) in [5.41, 5.74) is 1.65. The van der Waals surface area contributed by atoms with Crippen LogP contribution in [-0.4, -0.2) is 15.4 Å². The Morgan fingerprint density at radius 1 is 0.650 bits per heavy atom. The predicted octanol–water partition coefficient (Wildman–Crippen LogP) is 2.50. The molecule has 0 atom stereocenters. The molecular weight excluding hydrogens is 292 g/mol. The minimum absolute atomic E-state index is 0.457. The first-order valence-electron chi connectivity index (χ1n) is 6.05. The zero-order valence-electron chi connectivity index (χ0n) is 10.7. The Labute approximate surface area is 119 Å². The molecule has 2 aromatic rings. The Balaban J connectivity index is 2.64. The maximum atomic E-state index is 11.5. The van der Waals surface area contributed by atoms with E-state index in [2.05, 4.69) is 0 Å². The van der Waals surface area contributed by atoms with Crippen LogP contribution < -0.4 is 0 Å². The maximum absolute atomic E-state index is 11.5. The minimum atomic E-state index is -3.58. The van der Waals surface area contributed by atoms with Gasteiger partial charge >= 0.3 is 119 Å². The van der Waals surface area contributed by atoms with Crippen molar-refractivity contribution in [2.75, 3.05) is 0 Å². The molecule has 2 rings (SSSR count). The molecule has 0 aliphatic rings. The van der Waals surface area contributed by atoms with E-state index in [1.54, 1.807) is 0 Å². The summed E-state index contributed by atoms with van der Waals surface area (Å²) < 4.78 is -0.457. The van der Waals surface area contributed by atoms with Crippen molar-refractivity contribution in [1.29, 1.82) is 0 Å². The first-order valence-corrected chi connectivity index (χ1v) is 8.99. The first-order chi connectivity index (χ1) is 9.77. The summed E-state index contributed by atoms with van der Waals surface area (Å²) in [6, 6.07) is 18.5. The Kier molecular flexibility index (Phi) is 4.62. The molecule has 0 amide bonds. The Hall–Kier alpha value is -2.02. The van der Waals surface area contributed by atoms with Crippen LogP contribution >= 0.6 is 0 Å². The second-order valence-corrected chi connectivity index (χ2v) is 8.49. The van der Waals surface area contributed by atoms with Gasteiger partial charge in [0.15, 0.2) is 0 Å². The van der Waals surface area contributed by atoms with E-state index in [1.165, 1.54) is 0 Å². The summed E-state index contributed by atoms with van der Waals surface area (Å²) in [5.74, 6) is 0. The monoisotopic (exact) mass is 306 g/mol. The third kappa shape index (κ3) is 2.62. The molecule has 0 bridgehead atoms. The third-order valence-corrected chi connectivity index (χ3v) is 6.80. The quantitative estimate of drug-likeness (QED) is 0.771. The molecule has 0 radical (unpaired) electrons. The van der Waals surface area contributed by atoms with Crippen molar-refractivity contribution < 1.29 is 27.5 Å². The summed E-state index contributed by atoms with van der Waals surface area (Å²) in [6.45, 7) is 0. The first kappa shape index (κ1) is 14.4. The Bertz CT molecular complexity index is 534. The fourth-order valence-electron chi connectivity index (χ4n) is 2.15. The fraction of sp³-hybridized carbons (Fsp3) is 0.0625. The molecule has 0 aliphatic carbocycles. The van der Waals surface area contributed by atoms with Gasteiger partial charge in [0, 0.05) is 0 Å². The number of rotatable bonds is 6. The molecule has 0 saturated carbocycles. The van der Waals surface area contributed by atoms with Crippen LogP contribution in [0, 0.1) is 0 Å². The zero-order valence-corrected chi connectivity index (χ0v) is 12.0. The van der Waals surface area contributed by atoms with Gasteiger partial charge in [-0.1, -0.05) is 0 Å². The van der Waals surface area contributed by atoms with E-state index in [0.717, 1.165) is 11.1 Å². The molecular formula is C16H14CrO3. The number of hydrogen-bond acceptors (Lipinski definition) is 3. The van der Waals surface area contributed by atoms with Gasteiger partial charge in [-0.05, 0) is 0 Å². The molecule has 102 valence electrons. The van der Waals surface area contributed by atoms with Crippen LogP contribution in [0.5, 0.6) is 0 Å². The molecule has 0 saturated heterocycles. The zero-order chi connectivity index (χ0) is 14.4. The second-order valence-electron chi connectivity index (χ2n) is 4.31. The molecule has 0 spiro atoms. The SMILES string of the molecule is O=[CH][Cr]([CH]=O)([CH]=O)[CH](c1ccccc1)c1ccccc1. The number of carbonyl (C=O) groups excluding carboxylic acids is 3. The van der Waals surface area contributed by atoms with E-state index in [0.29, 0.717) is 15.4 Å². The van der Waals surface area contributed by atoms with Crippen LogP contribution in [-0.2, 0) is 27.5 Å². The predicted molar refractivity (Wildman–Crippen MR) is 75.0 cm³/mol. The van der Waals surface area contributed by atoms with Crippen molar-refractivity contribution in [3.05, 3.63) is 71.8 Å². The van der Waals surface area contributed by atoms with Crippen molar-refractivity contribution in [3.63, 3.8) is 0 Å². The molecule has 0 heterocycles. The van der Waals surface area contributed by atoms with Gasteiger partial charge in [-0.25, -0.2) is 0 Å². The molecule has 0 N–H and O–H groups in total. The van der Waals surface area contributed by atoms with Crippen molar-refractivity contribution >= 4 is 15.4 Å². The van der Waals surface area contributed by atoms with E-state index in [4.69, 9.17) is 0 Å². The van der Waals surface area contributed by atoms with Gasteiger partial charge in [0.05, 0.1) is 0 Å². The molecule has 4 heteroatoms. The van der Waals surface area contributed by atoms with Gasteiger partial charge in [0.1, 0.15) is 0 Å². The number of carbonyl (C=O) groups is 3. The van der Waals surface area contributed by atoms with Gasteiger partial charge in [-0.2, -0.15) is 0 Å². The standard InChI is InChI=1S/C13H11.3CHO.Cr/c1-3-7-12(8-4-1)11-13-9-5-2-6-10-13;3*1-2;/h1-11H;3*1H;. The van der Waals surface area contributed by atoms with Crippen molar-refractivity contribution in [2.45, 2.75) is 4.78 Å². The second kappa shape index (κ2) is 6.43. The van der Waals surface area contributed by atoms with Crippen LogP contribution in [0.1, 0.15) is 15.9 Å². The summed E-state index contributed by atoms with van der Waals surface area (Å²) in [4.78, 5) is 34.5. The normalized spacial score (nSPS) is 11.8. The van der Waals surface area contributed by atoms with E-state index in [1.807, 2.05) is 60.7 Å². The molecule has 3 nitrogen and oxygen atoms in total. The van der Waals surface area contributed by atoms with Gasteiger partial charge < -0.3 is 0 Å². The van der Waals surface area contributed by atoms with E-state index in [9.17, 15) is 14.4 Å². The summed E-state index contributed by atoms with van der Waals surface area (Å²) in [7, 11) is 0. The molecule has 2 aromatic carbocycles. The molecule has 0 aromatic heterocycles.